The van der Waals surface area contributed by atoms with E-state index in [1.807, 2.05) is 6.07 Å². The number of nitrogens with one attached hydrogen (secondary N) is 2. The van der Waals surface area contributed by atoms with Crippen LogP contribution in [0.4, 0.5) is 15.6 Å². The third-order valence-corrected chi connectivity index (χ3v) is 4.58. The van der Waals surface area contributed by atoms with Gasteiger partial charge in [-0.15, -0.1) is 10.2 Å². The first-order valence-corrected chi connectivity index (χ1v) is 8.64. The summed E-state index contributed by atoms with van der Waals surface area (Å²) in [5.74, 6) is 0.559. The Hall–Kier alpha value is -2.35. The summed E-state index contributed by atoms with van der Waals surface area (Å²) in [6.07, 6.45) is 0. The highest BCUT2D eigenvalue weighted by Gasteiger charge is 2.13. The number of benzene rings is 2. The molecule has 9 heteroatoms. The van der Waals surface area contributed by atoms with Crippen molar-refractivity contribution in [2.75, 3.05) is 17.7 Å². The average Bonchev–Trinajstić information content (AvgIpc) is 3.03. The lowest BCUT2D eigenvalue weighted by molar-refractivity contribution is 0.262. The molecule has 2 aromatic carbocycles. The molecule has 2 N–H and O–H groups in total. The summed E-state index contributed by atoms with van der Waals surface area (Å²) in [7, 11) is 1.53. The Morgan fingerprint density at radius 1 is 1.12 bits per heavy atom. The topological polar surface area (TPSA) is 76.1 Å². The van der Waals surface area contributed by atoms with Crippen LogP contribution >= 0.6 is 34.5 Å². The fourth-order valence-corrected chi connectivity index (χ4v) is 3.38. The number of hydrogen-bond donors (Lipinski definition) is 2. The highest BCUT2D eigenvalue weighted by molar-refractivity contribution is 7.18. The molecule has 128 valence electrons. The molecule has 0 aliphatic rings. The SMILES string of the molecule is COc1ccccc1NC(=O)Nc1nnc(-c2ccc(Cl)cc2Cl)s1. The van der Waals surface area contributed by atoms with Crippen molar-refractivity contribution in [2.24, 2.45) is 0 Å². The number of nitrogens with zero attached hydrogens (tertiary/aromatic N) is 2. The molecule has 25 heavy (non-hydrogen) atoms. The minimum Gasteiger partial charge on any atom is -0.495 e. The molecule has 3 aromatic rings. The van der Waals surface area contributed by atoms with Crippen molar-refractivity contribution in [3.05, 3.63) is 52.5 Å². The number of methoxy groups -OCH3 is 1. The minimum atomic E-state index is -0.450. The fraction of sp³-hybridized carbons (Fsp3) is 0.0625. The van der Waals surface area contributed by atoms with Gasteiger partial charge in [-0.3, -0.25) is 5.32 Å². The maximum absolute atomic E-state index is 12.1. The number of para-hydroxylation sites is 2. The Labute approximate surface area is 157 Å². The second kappa shape index (κ2) is 7.69. The smallest absolute Gasteiger partial charge is 0.325 e. The molecule has 0 aliphatic carbocycles. The zero-order chi connectivity index (χ0) is 17.8. The molecular weight excluding hydrogens is 383 g/mol. The Kier molecular flexibility index (Phi) is 5.37. The number of carbonyl (C=O) groups is 1. The van der Waals surface area contributed by atoms with Crippen LogP contribution < -0.4 is 15.4 Å². The van der Waals surface area contributed by atoms with E-state index >= 15 is 0 Å². The first kappa shape index (κ1) is 17.5. The van der Waals surface area contributed by atoms with Crippen molar-refractivity contribution in [2.45, 2.75) is 0 Å². The first-order valence-electron chi connectivity index (χ1n) is 7.07. The normalized spacial score (nSPS) is 10.4. The zero-order valence-electron chi connectivity index (χ0n) is 12.9. The third kappa shape index (κ3) is 4.19. The molecule has 1 heterocycles. The lowest BCUT2D eigenvalue weighted by atomic mass is 10.2. The zero-order valence-corrected chi connectivity index (χ0v) is 15.2. The molecule has 0 radical (unpaired) electrons. The Morgan fingerprint density at radius 2 is 1.92 bits per heavy atom. The molecule has 0 atom stereocenters. The van der Waals surface area contributed by atoms with Gasteiger partial charge in [0, 0.05) is 10.6 Å². The van der Waals surface area contributed by atoms with Gasteiger partial charge in [0.1, 0.15) is 5.75 Å². The fourth-order valence-electron chi connectivity index (χ4n) is 2.04. The third-order valence-electron chi connectivity index (χ3n) is 3.16. The summed E-state index contributed by atoms with van der Waals surface area (Å²) in [4.78, 5) is 12.1. The van der Waals surface area contributed by atoms with E-state index in [0.717, 1.165) is 0 Å². The number of halogens is 2. The van der Waals surface area contributed by atoms with Gasteiger partial charge in [0.05, 0.1) is 17.8 Å². The standard InChI is InChI=1S/C16H12Cl2N4O2S/c1-24-13-5-3-2-4-12(13)19-15(23)20-16-22-21-14(25-16)10-7-6-9(17)8-11(10)18/h2-8H,1H3,(H2,19,20,22,23). The molecule has 0 aliphatic heterocycles. The van der Waals surface area contributed by atoms with E-state index in [2.05, 4.69) is 20.8 Å². The Bertz CT molecular complexity index is 917. The molecule has 0 spiro atoms. The van der Waals surface area contributed by atoms with Gasteiger partial charge < -0.3 is 10.1 Å². The molecule has 0 unspecified atom stereocenters. The van der Waals surface area contributed by atoms with Crippen molar-refractivity contribution in [3.63, 3.8) is 0 Å². The number of aromatic nitrogens is 2. The monoisotopic (exact) mass is 394 g/mol. The molecule has 0 saturated heterocycles. The van der Waals surface area contributed by atoms with Crippen molar-refractivity contribution in [1.29, 1.82) is 0 Å². The van der Waals surface area contributed by atoms with E-state index in [1.54, 1.807) is 36.4 Å². The van der Waals surface area contributed by atoms with E-state index in [1.165, 1.54) is 18.4 Å². The summed E-state index contributed by atoms with van der Waals surface area (Å²) < 4.78 is 5.19. The highest BCUT2D eigenvalue weighted by atomic mass is 35.5. The van der Waals surface area contributed by atoms with Gasteiger partial charge in [-0.2, -0.15) is 0 Å². The van der Waals surface area contributed by atoms with Gasteiger partial charge in [-0.05, 0) is 30.3 Å². The van der Waals surface area contributed by atoms with Crippen molar-refractivity contribution >= 4 is 51.4 Å². The van der Waals surface area contributed by atoms with E-state index in [-0.39, 0.29) is 0 Å². The van der Waals surface area contributed by atoms with Crippen LogP contribution in [0.25, 0.3) is 10.6 Å². The average molecular weight is 395 g/mol. The summed E-state index contributed by atoms with van der Waals surface area (Å²) in [5.41, 5.74) is 1.25. The van der Waals surface area contributed by atoms with Crippen molar-refractivity contribution in [3.8, 4) is 16.3 Å². The molecule has 0 saturated carbocycles. The second-order valence-corrected chi connectivity index (χ2v) is 6.64. The summed E-state index contributed by atoms with van der Waals surface area (Å²) in [5, 5.41) is 15.3. The number of carbonyl (C=O) groups excluding carboxylic acids is 1. The summed E-state index contributed by atoms with van der Waals surface area (Å²) in [6.45, 7) is 0. The van der Waals surface area contributed by atoms with E-state index in [0.29, 0.717) is 37.2 Å². The molecule has 3 rings (SSSR count). The van der Waals surface area contributed by atoms with Crippen LogP contribution in [0.5, 0.6) is 5.75 Å². The van der Waals surface area contributed by atoms with Crippen LogP contribution in [-0.4, -0.2) is 23.3 Å². The predicted octanol–water partition coefficient (Wildman–Crippen LogP) is 5.16. The van der Waals surface area contributed by atoms with Gasteiger partial charge >= 0.3 is 6.03 Å². The lowest BCUT2D eigenvalue weighted by Crippen LogP contribution is -2.19. The Balaban J connectivity index is 1.72. The van der Waals surface area contributed by atoms with E-state index < -0.39 is 6.03 Å². The van der Waals surface area contributed by atoms with Crippen LogP contribution in [0.3, 0.4) is 0 Å². The lowest BCUT2D eigenvalue weighted by Gasteiger charge is -2.09. The molecule has 1 aromatic heterocycles. The van der Waals surface area contributed by atoms with Gasteiger partial charge in [-0.1, -0.05) is 46.7 Å². The van der Waals surface area contributed by atoms with Gasteiger partial charge in [0.2, 0.25) is 5.13 Å². The first-order chi connectivity index (χ1) is 12.1. The number of anilines is 2. The molecule has 0 bridgehead atoms. The Morgan fingerprint density at radius 3 is 2.68 bits per heavy atom. The van der Waals surface area contributed by atoms with Crippen LogP contribution in [0.15, 0.2) is 42.5 Å². The maximum atomic E-state index is 12.1. The summed E-state index contributed by atoms with van der Waals surface area (Å²) >= 11 is 13.3. The number of rotatable bonds is 4. The number of amides is 2. The quantitative estimate of drug-likeness (QED) is 0.640. The number of urea groups is 1. The number of ether oxygens (including phenoxy) is 1. The van der Waals surface area contributed by atoms with Gasteiger partial charge in [0.15, 0.2) is 5.01 Å². The largest absolute Gasteiger partial charge is 0.495 e. The summed E-state index contributed by atoms with van der Waals surface area (Å²) in [6, 6.07) is 11.7. The van der Waals surface area contributed by atoms with Crippen LogP contribution in [0, 0.1) is 0 Å². The molecule has 2 amide bonds. The van der Waals surface area contributed by atoms with E-state index in [9.17, 15) is 4.79 Å². The van der Waals surface area contributed by atoms with Gasteiger partial charge in [0.25, 0.3) is 0 Å². The van der Waals surface area contributed by atoms with Crippen molar-refractivity contribution < 1.29 is 9.53 Å². The second-order valence-electron chi connectivity index (χ2n) is 4.82. The molecule has 0 fully saturated rings. The van der Waals surface area contributed by atoms with Crippen molar-refractivity contribution in [1.82, 2.24) is 10.2 Å². The van der Waals surface area contributed by atoms with Crippen LogP contribution in [0.2, 0.25) is 10.0 Å². The van der Waals surface area contributed by atoms with Crippen LogP contribution in [-0.2, 0) is 0 Å². The van der Waals surface area contributed by atoms with Gasteiger partial charge in [-0.25, -0.2) is 4.79 Å². The molecule has 6 nitrogen and oxygen atoms in total. The predicted molar refractivity (Wildman–Crippen MR) is 101 cm³/mol. The minimum absolute atomic E-state index is 0.341. The molecular formula is C16H12Cl2N4O2S. The highest BCUT2D eigenvalue weighted by Crippen LogP contribution is 2.33. The number of hydrogen-bond acceptors (Lipinski definition) is 5. The van der Waals surface area contributed by atoms with Crippen LogP contribution in [0.1, 0.15) is 0 Å². The van der Waals surface area contributed by atoms with E-state index in [4.69, 9.17) is 27.9 Å². The maximum Gasteiger partial charge on any atom is 0.325 e.